The van der Waals surface area contributed by atoms with Gasteiger partial charge in [0.2, 0.25) is 0 Å². The lowest BCUT2D eigenvalue weighted by atomic mass is 9.93. The maximum Gasteiger partial charge on any atom is 0.276 e. The van der Waals surface area contributed by atoms with Crippen LogP contribution in [0.25, 0.3) is 0 Å². The van der Waals surface area contributed by atoms with Crippen molar-refractivity contribution in [3.05, 3.63) is 75.7 Å². The molecule has 1 saturated heterocycles. The number of anilines is 1. The molecule has 154 valence electrons. The van der Waals surface area contributed by atoms with E-state index in [4.69, 9.17) is 0 Å². The second kappa shape index (κ2) is 8.27. The van der Waals surface area contributed by atoms with E-state index in [1.807, 2.05) is 0 Å². The van der Waals surface area contributed by atoms with Gasteiger partial charge in [-0.05, 0) is 37.1 Å². The first-order valence-electron chi connectivity index (χ1n) is 9.47. The van der Waals surface area contributed by atoms with Gasteiger partial charge in [0, 0.05) is 30.8 Å². The fourth-order valence-corrected chi connectivity index (χ4v) is 3.43. The number of benzene rings is 1. The number of aromatic amines is 2. The lowest BCUT2D eigenvalue weighted by Crippen LogP contribution is -2.38. The molecule has 2 amide bonds. The van der Waals surface area contributed by atoms with Crippen LogP contribution in [0, 0.1) is 5.82 Å². The number of carbonyl (C=O) groups excluding carboxylic acids is 2. The quantitative estimate of drug-likeness (QED) is 0.606. The number of carbonyl (C=O) groups is 2. The van der Waals surface area contributed by atoms with Crippen molar-refractivity contribution in [3.63, 3.8) is 0 Å². The standard InChI is InChI=1S/C20H19FN6O3/c21-13-3-1-2-4-14(13)22-19(29)17-11-16(24-25-17)12-7-9-27(10-8-12)20(30)15-5-6-18(28)26-23-15/h1-6,11-12H,7-10H2,(H,22,29)(H,24,25)(H,26,28). The summed E-state index contributed by atoms with van der Waals surface area (Å²) < 4.78 is 13.7. The molecule has 0 radical (unpaired) electrons. The molecule has 30 heavy (non-hydrogen) atoms. The van der Waals surface area contributed by atoms with Crippen LogP contribution in [0.15, 0.2) is 47.3 Å². The minimum Gasteiger partial charge on any atom is -0.337 e. The topological polar surface area (TPSA) is 124 Å². The molecule has 0 saturated carbocycles. The van der Waals surface area contributed by atoms with Crippen LogP contribution in [0.2, 0.25) is 0 Å². The minimum atomic E-state index is -0.518. The van der Waals surface area contributed by atoms with Crippen molar-refractivity contribution in [2.75, 3.05) is 18.4 Å². The van der Waals surface area contributed by atoms with Crippen LogP contribution < -0.4 is 10.9 Å². The third-order valence-electron chi connectivity index (χ3n) is 5.07. The van der Waals surface area contributed by atoms with Gasteiger partial charge in [-0.15, -0.1) is 0 Å². The molecule has 10 heteroatoms. The van der Waals surface area contributed by atoms with Crippen molar-refractivity contribution < 1.29 is 14.0 Å². The summed E-state index contributed by atoms with van der Waals surface area (Å²) in [4.78, 5) is 37.6. The summed E-state index contributed by atoms with van der Waals surface area (Å²) in [6, 6.07) is 10.2. The highest BCUT2D eigenvalue weighted by atomic mass is 19.1. The first-order chi connectivity index (χ1) is 14.5. The molecule has 0 spiro atoms. The molecule has 1 aromatic carbocycles. The van der Waals surface area contributed by atoms with Gasteiger partial charge in [0.15, 0.2) is 5.69 Å². The number of H-pyrrole nitrogens is 2. The maximum atomic E-state index is 13.7. The highest BCUT2D eigenvalue weighted by Gasteiger charge is 2.27. The molecule has 9 nitrogen and oxygen atoms in total. The van der Waals surface area contributed by atoms with Crippen molar-refractivity contribution in [2.45, 2.75) is 18.8 Å². The fourth-order valence-electron chi connectivity index (χ4n) is 3.43. The fraction of sp³-hybridized carbons (Fsp3) is 0.250. The number of piperidine rings is 1. The highest BCUT2D eigenvalue weighted by molar-refractivity contribution is 6.03. The maximum absolute atomic E-state index is 13.7. The number of halogens is 1. The van der Waals surface area contributed by atoms with E-state index in [9.17, 15) is 18.8 Å². The third kappa shape index (κ3) is 4.12. The van der Waals surface area contributed by atoms with Gasteiger partial charge in [-0.3, -0.25) is 19.5 Å². The number of hydrogen-bond acceptors (Lipinski definition) is 5. The van der Waals surface area contributed by atoms with Crippen LogP contribution in [0.5, 0.6) is 0 Å². The average molecular weight is 410 g/mol. The number of rotatable bonds is 4. The molecular formula is C20H19FN6O3. The summed E-state index contributed by atoms with van der Waals surface area (Å²) in [5, 5.41) is 15.5. The SMILES string of the molecule is O=C(Nc1ccccc1F)c1cc(C2CCN(C(=O)c3ccc(=O)[nH]n3)CC2)[nH]n1. The summed E-state index contributed by atoms with van der Waals surface area (Å²) in [5.74, 6) is -1.14. The molecule has 3 aromatic rings. The lowest BCUT2D eigenvalue weighted by Gasteiger charge is -2.31. The molecule has 0 bridgehead atoms. The molecule has 2 aromatic heterocycles. The van der Waals surface area contributed by atoms with E-state index in [1.54, 1.807) is 23.1 Å². The van der Waals surface area contributed by atoms with Crippen LogP contribution in [0.1, 0.15) is 45.4 Å². The van der Waals surface area contributed by atoms with Gasteiger partial charge in [0.25, 0.3) is 17.4 Å². The molecule has 0 atom stereocenters. The molecule has 0 aliphatic carbocycles. The number of nitrogens with one attached hydrogen (secondary N) is 3. The summed E-state index contributed by atoms with van der Waals surface area (Å²) in [6.07, 6.45) is 1.37. The number of likely N-dealkylation sites (tertiary alicyclic amines) is 1. The number of hydrogen-bond donors (Lipinski definition) is 3. The second-order valence-corrected chi connectivity index (χ2v) is 7.02. The molecular weight excluding hydrogens is 391 g/mol. The molecule has 3 N–H and O–H groups in total. The van der Waals surface area contributed by atoms with E-state index >= 15 is 0 Å². The number of amides is 2. The van der Waals surface area contributed by atoms with Gasteiger partial charge in [-0.1, -0.05) is 12.1 Å². The Labute approximate surface area is 170 Å². The number of para-hydroxylation sites is 1. The number of aromatic nitrogens is 4. The van der Waals surface area contributed by atoms with E-state index in [0.717, 1.165) is 5.69 Å². The number of nitrogens with zero attached hydrogens (tertiary/aromatic N) is 3. The third-order valence-corrected chi connectivity index (χ3v) is 5.07. The molecule has 1 aliphatic heterocycles. The largest absolute Gasteiger partial charge is 0.337 e. The first kappa shape index (κ1) is 19.5. The predicted molar refractivity (Wildman–Crippen MR) is 106 cm³/mol. The normalized spacial score (nSPS) is 14.5. The summed E-state index contributed by atoms with van der Waals surface area (Å²) in [6.45, 7) is 1.03. The molecule has 4 rings (SSSR count). The Bertz CT molecular complexity index is 1110. The van der Waals surface area contributed by atoms with Gasteiger partial charge in [-0.2, -0.15) is 10.2 Å². The molecule has 0 unspecified atom stereocenters. The Morgan fingerprint density at radius 2 is 1.77 bits per heavy atom. The monoisotopic (exact) mass is 410 g/mol. The van der Waals surface area contributed by atoms with Gasteiger partial charge in [0.1, 0.15) is 11.5 Å². The van der Waals surface area contributed by atoms with Gasteiger partial charge < -0.3 is 10.2 Å². The van der Waals surface area contributed by atoms with Crippen LogP contribution in [0.3, 0.4) is 0 Å². The summed E-state index contributed by atoms with van der Waals surface area (Å²) >= 11 is 0. The molecule has 1 fully saturated rings. The first-order valence-corrected chi connectivity index (χ1v) is 9.47. The molecule has 3 heterocycles. The van der Waals surface area contributed by atoms with Crippen LogP contribution in [-0.4, -0.2) is 50.2 Å². The zero-order valence-corrected chi connectivity index (χ0v) is 15.9. The minimum absolute atomic E-state index is 0.0923. The smallest absolute Gasteiger partial charge is 0.276 e. The van der Waals surface area contributed by atoms with Gasteiger partial charge in [-0.25, -0.2) is 9.49 Å². The Hall–Kier alpha value is -3.82. The second-order valence-electron chi connectivity index (χ2n) is 7.02. The summed E-state index contributed by atoms with van der Waals surface area (Å²) in [7, 11) is 0. The van der Waals surface area contributed by atoms with E-state index < -0.39 is 11.7 Å². The zero-order chi connectivity index (χ0) is 21.1. The Morgan fingerprint density at radius 3 is 2.47 bits per heavy atom. The van der Waals surface area contributed by atoms with E-state index in [1.165, 1.54) is 24.3 Å². The van der Waals surface area contributed by atoms with Crippen LogP contribution in [-0.2, 0) is 0 Å². The highest BCUT2D eigenvalue weighted by Crippen LogP contribution is 2.27. The van der Waals surface area contributed by atoms with Crippen LogP contribution in [0.4, 0.5) is 10.1 Å². The van der Waals surface area contributed by atoms with Gasteiger partial charge in [0.05, 0.1) is 5.69 Å². The van der Waals surface area contributed by atoms with Crippen molar-refractivity contribution in [2.24, 2.45) is 0 Å². The van der Waals surface area contributed by atoms with Gasteiger partial charge >= 0.3 is 0 Å². The molecule has 1 aliphatic rings. The van der Waals surface area contributed by atoms with E-state index in [2.05, 4.69) is 25.7 Å². The Morgan fingerprint density at radius 1 is 1.03 bits per heavy atom. The lowest BCUT2D eigenvalue weighted by molar-refractivity contribution is 0.0704. The van der Waals surface area contributed by atoms with Crippen molar-refractivity contribution >= 4 is 17.5 Å². The Balaban J connectivity index is 1.36. The van der Waals surface area contributed by atoms with Crippen LogP contribution >= 0.6 is 0 Å². The zero-order valence-electron chi connectivity index (χ0n) is 15.9. The van der Waals surface area contributed by atoms with E-state index in [0.29, 0.717) is 25.9 Å². The van der Waals surface area contributed by atoms with Crippen molar-refractivity contribution in [1.82, 2.24) is 25.3 Å². The Kier molecular flexibility index (Phi) is 5.38. The summed E-state index contributed by atoms with van der Waals surface area (Å²) in [5.41, 5.74) is 0.892. The van der Waals surface area contributed by atoms with E-state index in [-0.39, 0.29) is 34.5 Å². The average Bonchev–Trinajstić information content (AvgIpc) is 3.26. The van der Waals surface area contributed by atoms with Crippen molar-refractivity contribution in [3.8, 4) is 0 Å². The predicted octanol–water partition coefficient (Wildman–Crippen LogP) is 1.90. The van der Waals surface area contributed by atoms with Crippen molar-refractivity contribution in [1.29, 1.82) is 0 Å².